The van der Waals surface area contributed by atoms with Crippen LogP contribution in [-0.2, 0) is 6.40 Å². The highest BCUT2D eigenvalue weighted by Gasteiger charge is 2.39. The molecule has 2 nitrogen and oxygen atoms in total. The standard InChI is InChI=1S/C15H26O2Si/c1-8-12-9-10-13(14(11-12)16-5)17-18(6,7)15(2,3)4/h9-11H,8H2,1-7H3/i8D. The van der Waals surface area contributed by atoms with Crippen LogP contribution in [0.5, 0.6) is 11.5 Å². The van der Waals surface area contributed by atoms with E-state index in [9.17, 15) is 0 Å². The van der Waals surface area contributed by atoms with Crippen molar-refractivity contribution in [2.45, 2.75) is 52.2 Å². The maximum atomic E-state index is 7.75. The van der Waals surface area contributed by atoms with Gasteiger partial charge in [0.05, 0.1) is 7.11 Å². The molecule has 1 unspecified atom stereocenters. The first kappa shape index (κ1) is 13.5. The van der Waals surface area contributed by atoms with Gasteiger partial charge in [-0.15, -0.1) is 0 Å². The molecule has 0 aliphatic carbocycles. The van der Waals surface area contributed by atoms with Gasteiger partial charge in [0.25, 0.3) is 8.32 Å². The molecular weight excluding hydrogens is 240 g/mol. The predicted octanol–water partition coefficient (Wildman–Crippen LogP) is 4.64. The second-order valence-corrected chi connectivity index (χ2v) is 10.8. The minimum absolute atomic E-state index is 0.152. The molecule has 1 aromatic carbocycles. The van der Waals surface area contributed by atoms with Crippen LogP contribution < -0.4 is 9.16 Å². The Hall–Kier alpha value is -0.963. The monoisotopic (exact) mass is 267 g/mol. The molecule has 0 radical (unpaired) electrons. The highest BCUT2D eigenvalue weighted by Crippen LogP contribution is 2.40. The van der Waals surface area contributed by atoms with Crippen LogP contribution in [0.3, 0.4) is 0 Å². The summed E-state index contributed by atoms with van der Waals surface area (Å²) in [4.78, 5) is 0. The van der Waals surface area contributed by atoms with Crippen LogP contribution in [0.15, 0.2) is 18.2 Å². The zero-order valence-corrected chi connectivity index (χ0v) is 13.6. The van der Waals surface area contributed by atoms with E-state index in [-0.39, 0.29) is 11.4 Å². The van der Waals surface area contributed by atoms with Crippen LogP contribution in [0.25, 0.3) is 0 Å². The smallest absolute Gasteiger partial charge is 0.250 e. The Labute approximate surface area is 114 Å². The Morgan fingerprint density at radius 3 is 2.28 bits per heavy atom. The Morgan fingerprint density at radius 2 is 1.83 bits per heavy atom. The molecule has 3 heteroatoms. The average molecular weight is 267 g/mol. The number of hydrogen-bond acceptors (Lipinski definition) is 2. The maximum Gasteiger partial charge on any atom is 0.250 e. The lowest BCUT2D eigenvalue weighted by Crippen LogP contribution is -2.43. The molecule has 0 aliphatic rings. The zero-order chi connectivity index (χ0) is 14.8. The van der Waals surface area contributed by atoms with E-state index in [0.29, 0.717) is 0 Å². The highest BCUT2D eigenvalue weighted by molar-refractivity contribution is 6.74. The summed E-state index contributed by atoms with van der Waals surface area (Å²) >= 11 is 0. The molecule has 0 N–H and O–H groups in total. The molecule has 102 valence electrons. The third kappa shape index (κ3) is 3.28. The second-order valence-electron chi connectivity index (χ2n) is 6.06. The average Bonchev–Trinajstić information content (AvgIpc) is 2.27. The minimum Gasteiger partial charge on any atom is -0.541 e. The lowest BCUT2D eigenvalue weighted by molar-refractivity contribution is 0.385. The SMILES string of the molecule is [2H]C(C)c1ccc(O[Si](C)(C)C(C)(C)C)c(OC)c1. The highest BCUT2D eigenvalue weighted by atomic mass is 28.4. The van der Waals surface area contributed by atoms with E-state index in [1.54, 1.807) is 7.11 Å². The summed E-state index contributed by atoms with van der Waals surface area (Å²) in [5, 5.41) is 0.152. The summed E-state index contributed by atoms with van der Waals surface area (Å²) in [6, 6.07) is 5.78. The topological polar surface area (TPSA) is 18.5 Å². The fraction of sp³-hybridized carbons (Fsp3) is 0.600. The summed E-state index contributed by atoms with van der Waals surface area (Å²) in [6.45, 7) is 12.9. The van der Waals surface area contributed by atoms with E-state index in [4.69, 9.17) is 10.5 Å². The number of methoxy groups -OCH3 is 1. The predicted molar refractivity (Wildman–Crippen MR) is 80.2 cm³/mol. The van der Waals surface area contributed by atoms with E-state index in [2.05, 4.69) is 33.9 Å². The van der Waals surface area contributed by atoms with Crippen LogP contribution in [-0.4, -0.2) is 15.4 Å². The molecule has 0 aliphatic heterocycles. The van der Waals surface area contributed by atoms with Crippen molar-refractivity contribution in [2.75, 3.05) is 7.11 Å². The quantitative estimate of drug-likeness (QED) is 0.740. The van der Waals surface area contributed by atoms with Gasteiger partial charge in [-0.1, -0.05) is 33.8 Å². The molecule has 0 amide bonds. The molecule has 0 heterocycles. The van der Waals surface area contributed by atoms with Gasteiger partial charge >= 0.3 is 0 Å². The van der Waals surface area contributed by atoms with Crippen LogP contribution in [0, 0.1) is 0 Å². The van der Waals surface area contributed by atoms with Gasteiger partial charge in [-0.05, 0) is 42.2 Å². The lowest BCUT2D eigenvalue weighted by Gasteiger charge is -2.36. The second kappa shape index (κ2) is 5.35. The first-order valence-corrected chi connectivity index (χ1v) is 9.28. The maximum absolute atomic E-state index is 7.75. The molecule has 1 aromatic rings. The largest absolute Gasteiger partial charge is 0.541 e. The van der Waals surface area contributed by atoms with Crippen molar-refractivity contribution < 1.29 is 10.5 Å². The number of aryl methyl sites for hydroxylation is 1. The summed E-state index contributed by atoms with van der Waals surface area (Å²) in [5.41, 5.74) is 0.944. The molecule has 0 fully saturated rings. The van der Waals surface area contributed by atoms with Gasteiger partial charge in [0, 0.05) is 1.37 Å². The van der Waals surface area contributed by atoms with E-state index >= 15 is 0 Å². The number of benzene rings is 1. The molecule has 0 saturated heterocycles. The van der Waals surface area contributed by atoms with Crippen molar-refractivity contribution in [3.63, 3.8) is 0 Å². The fourth-order valence-electron chi connectivity index (χ4n) is 1.38. The molecule has 0 aromatic heterocycles. The van der Waals surface area contributed by atoms with Crippen molar-refractivity contribution in [1.82, 2.24) is 0 Å². The Morgan fingerprint density at radius 1 is 1.22 bits per heavy atom. The van der Waals surface area contributed by atoms with Gasteiger partial charge in [-0.3, -0.25) is 0 Å². The first-order chi connectivity index (χ1) is 8.58. The van der Waals surface area contributed by atoms with Crippen molar-refractivity contribution >= 4 is 8.32 Å². The van der Waals surface area contributed by atoms with Crippen molar-refractivity contribution in [3.05, 3.63) is 23.8 Å². The number of ether oxygens (including phenoxy) is 1. The molecule has 1 atom stereocenters. The third-order valence-electron chi connectivity index (χ3n) is 3.69. The van der Waals surface area contributed by atoms with Gasteiger partial charge < -0.3 is 9.16 Å². The molecule has 0 saturated carbocycles. The molecular formula is C15H26O2Si. The van der Waals surface area contributed by atoms with Gasteiger partial charge in [-0.25, -0.2) is 0 Å². The number of rotatable bonds is 4. The molecule has 0 bridgehead atoms. The summed E-state index contributed by atoms with van der Waals surface area (Å²) < 4.78 is 19.4. The van der Waals surface area contributed by atoms with Crippen LogP contribution >= 0.6 is 0 Å². The fourth-order valence-corrected chi connectivity index (χ4v) is 2.40. The van der Waals surface area contributed by atoms with E-state index < -0.39 is 8.32 Å². The Bertz CT molecular complexity index is 436. The van der Waals surface area contributed by atoms with Gasteiger partial charge in [0.15, 0.2) is 5.75 Å². The molecule has 0 spiro atoms. The Kier molecular flexibility index (Phi) is 4.00. The van der Waals surface area contributed by atoms with Gasteiger partial charge in [-0.2, -0.15) is 0 Å². The zero-order valence-electron chi connectivity index (χ0n) is 13.6. The van der Waals surface area contributed by atoms with Crippen LogP contribution in [0.2, 0.25) is 18.1 Å². The van der Waals surface area contributed by atoms with E-state index in [1.807, 2.05) is 25.1 Å². The summed E-state index contributed by atoms with van der Waals surface area (Å²) in [7, 11) is -0.220. The van der Waals surface area contributed by atoms with Crippen molar-refractivity contribution in [1.29, 1.82) is 0 Å². The minimum atomic E-state index is -1.86. The normalized spacial score (nSPS) is 14.9. The van der Waals surface area contributed by atoms with Gasteiger partial charge in [0.1, 0.15) is 5.75 Å². The third-order valence-corrected chi connectivity index (χ3v) is 8.03. The van der Waals surface area contributed by atoms with E-state index in [1.165, 1.54) is 0 Å². The van der Waals surface area contributed by atoms with Gasteiger partial charge in [0.2, 0.25) is 0 Å². The van der Waals surface area contributed by atoms with Crippen LogP contribution in [0.4, 0.5) is 0 Å². The first-order valence-electron chi connectivity index (χ1n) is 6.95. The molecule has 18 heavy (non-hydrogen) atoms. The summed E-state index contributed by atoms with van der Waals surface area (Å²) in [5.74, 6) is 1.51. The summed E-state index contributed by atoms with van der Waals surface area (Å²) in [6.07, 6.45) is -0.254. The molecule has 1 rings (SSSR count). The van der Waals surface area contributed by atoms with E-state index in [0.717, 1.165) is 17.1 Å². The number of hydrogen-bond donors (Lipinski definition) is 0. The Balaban J connectivity index is 3.09. The van der Waals surface area contributed by atoms with Crippen molar-refractivity contribution in [2.24, 2.45) is 0 Å². The lowest BCUT2D eigenvalue weighted by atomic mass is 10.1. The van der Waals surface area contributed by atoms with Crippen LogP contribution in [0.1, 0.15) is 34.6 Å². The van der Waals surface area contributed by atoms with Crippen molar-refractivity contribution in [3.8, 4) is 11.5 Å².